The van der Waals surface area contributed by atoms with E-state index < -0.39 is 11.2 Å². The van der Waals surface area contributed by atoms with E-state index in [4.69, 9.17) is 9.47 Å². The van der Waals surface area contributed by atoms with Gasteiger partial charge in [0, 0.05) is 21.1 Å². The average molecular weight is 372 g/mol. The summed E-state index contributed by atoms with van der Waals surface area (Å²) in [6.45, 7) is 0. The molecule has 0 amide bonds. The van der Waals surface area contributed by atoms with Crippen molar-refractivity contribution in [1.29, 1.82) is 0 Å². The molecule has 3 aromatic rings. The highest BCUT2D eigenvalue weighted by Gasteiger charge is 2.16. The van der Waals surface area contributed by atoms with Gasteiger partial charge in [0.15, 0.2) is 22.7 Å². The van der Waals surface area contributed by atoms with Gasteiger partial charge in [-0.1, -0.05) is 0 Å². The summed E-state index contributed by atoms with van der Waals surface area (Å²) in [5.41, 5.74) is 3.32. The summed E-state index contributed by atoms with van der Waals surface area (Å²) in [4.78, 5) is 28.7. The van der Waals surface area contributed by atoms with Gasteiger partial charge in [0.05, 0.1) is 20.4 Å². The monoisotopic (exact) mass is 372 g/mol. The summed E-state index contributed by atoms with van der Waals surface area (Å²) in [6.07, 6.45) is 1.58. The first-order valence-electron chi connectivity index (χ1n) is 8.02. The molecule has 0 spiro atoms. The lowest BCUT2D eigenvalue weighted by Gasteiger charge is -2.07. The Balaban J connectivity index is 1.94. The number of hydrogen-bond donors (Lipinski definition) is 1. The summed E-state index contributed by atoms with van der Waals surface area (Å²) >= 11 is 0. The standard InChI is InChI=1S/C17H20N6O4/c1-21-13-14(22(2)17(25)23(3)15(13)24)19-16(21)20-18-9-10-6-7-11(26-4)12(8-10)27-5/h6-9H,1-5H3,(H,19,20)/b18-9+. The van der Waals surface area contributed by atoms with Crippen LogP contribution >= 0.6 is 0 Å². The van der Waals surface area contributed by atoms with Crippen molar-refractivity contribution in [2.24, 2.45) is 26.2 Å². The number of imidazole rings is 1. The normalized spacial score (nSPS) is 11.3. The number of aromatic nitrogens is 4. The summed E-state index contributed by atoms with van der Waals surface area (Å²) in [6, 6.07) is 5.37. The van der Waals surface area contributed by atoms with E-state index in [0.29, 0.717) is 23.0 Å². The maximum absolute atomic E-state index is 12.4. The number of fused-ring (bicyclic) bond motifs is 1. The first-order chi connectivity index (χ1) is 12.9. The number of hydrogen-bond acceptors (Lipinski definition) is 7. The molecule has 1 N–H and O–H groups in total. The molecule has 0 radical (unpaired) electrons. The number of methoxy groups -OCH3 is 2. The maximum atomic E-state index is 12.4. The molecule has 2 heterocycles. The van der Waals surface area contributed by atoms with Crippen molar-refractivity contribution in [3.63, 3.8) is 0 Å². The number of aryl methyl sites for hydroxylation is 2. The maximum Gasteiger partial charge on any atom is 0.332 e. The van der Waals surface area contributed by atoms with E-state index >= 15 is 0 Å². The molecule has 0 saturated carbocycles. The molecule has 0 unspecified atom stereocenters. The average Bonchev–Trinajstić information content (AvgIpc) is 3.01. The number of ether oxygens (including phenoxy) is 2. The van der Waals surface area contributed by atoms with E-state index in [1.165, 1.54) is 11.6 Å². The van der Waals surface area contributed by atoms with Crippen LogP contribution in [0, 0.1) is 0 Å². The quantitative estimate of drug-likeness (QED) is 0.515. The first kappa shape index (κ1) is 18.2. The van der Waals surface area contributed by atoms with Gasteiger partial charge in [-0.25, -0.2) is 10.2 Å². The summed E-state index contributed by atoms with van der Waals surface area (Å²) in [7, 11) is 7.79. The minimum atomic E-state index is -0.439. The van der Waals surface area contributed by atoms with Crippen LogP contribution in [-0.2, 0) is 21.1 Å². The zero-order valence-corrected chi connectivity index (χ0v) is 15.7. The van der Waals surface area contributed by atoms with Crippen LogP contribution in [0.25, 0.3) is 11.2 Å². The summed E-state index contributed by atoms with van der Waals surface area (Å²) < 4.78 is 14.4. The molecule has 0 aliphatic carbocycles. The van der Waals surface area contributed by atoms with Gasteiger partial charge in [-0.15, -0.1) is 0 Å². The van der Waals surface area contributed by atoms with Crippen LogP contribution in [-0.4, -0.2) is 39.1 Å². The Kier molecular flexibility index (Phi) is 4.72. The fourth-order valence-electron chi connectivity index (χ4n) is 2.72. The molecule has 10 heteroatoms. The van der Waals surface area contributed by atoms with Gasteiger partial charge in [-0.2, -0.15) is 10.1 Å². The third kappa shape index (κ3) is 3.05. The third-order valence-electron chi connectivity index (χ3n) is 4.26. The molecule has 142 valence electrons. The predicted molar refractivity (Wildman–Crippen MR) is 102 cm³/mol. The van der Waals surface area contributed by atoms with Crippen molar-refractivity contribution < 1.29 is 9.47 Å². The Morgan fingerprint density at radius 2 is 1.74 bits per heavy atom. The Bertz CT molecular complexity index is 1150. The SMILES string of the molecule is COc1ccc(/C=N/Nc2nc3c(c(=O)n(C)c(=O)n3C)n2C)cc1OC. The van der Waals surface area contributed by atoms with Crippen molar-refractivity contribution in [2.75, 3.05) is 19.6 Å². The zero-order valence-electron chi connectivity index (χ0n) is 15.7. The fourth-order valence-corrected chi connectivity index (χ4v) is 2.72. The molecular formula is C17H20N6O4. The number of nitrogens with one attached hydrogen (secondary N) is 1. The predicted octanol–water partition coefficient (Wildman–Crippen LogP) is 0.434. The summed E-state index contributed by atoms with van der Waals surface area (Å²) in [5.74, 6) is 1.54. The third-order valence-corrected chi connectivity index (χ3v) is 4.26. The van der Waals surface area contributed by atoms with E-state index in [9.17, 15) is 9.59 Å². The molecule has 2 aromatic heterocycles. The van der Waals surface area contributed by atoms with Gasteiger partial charge in [0.2, 0.25) is 5.95 Å². The van der Waals surface area contributed by atoms with Gasteiger partial charge >= 0.3 is 5.69 Å². The Hall–Kier alpha value is -3.56. The lowest BCUT2D eigenvalue weighted by molar-refractivity contribution is 0.355. The van der Waals surface area contributed by atoms with Crippen LogP contribution in [0.3, 0.4) is 0 Å². The van der Waals surface area contributed by atoms with Crippen LogP contribution in [0.1, 0.15) is 5.56 Å². The largest absolute Gasteiger partial charge is 0.493 e. The highest BCUT2D eigenvalue weighted by Crippen LogP contribution is 2.26. The molecule has 0 bridgehead atoms. The van der Waals surface area contributed by atoms with Crippen LogP contribution in [0.5, 0.6) is 11.5 Å². The first-order valence-corrected chi connectivity index (χ1v) is 8.02. The van der Waals surface area contributed by atoms with E-state index in [1.54, 1.807) is 51.2 Å². The van der Waals surface area contributed by atoms with Crippen LogP contribution in [0.15, 0.2) is 32.9 Å². The molecular weight excluding hydrogens is 352 g/mol. The van der Waals surface area contributed by atoms with E-state index in [1.807, 2.05) is 6.07 Å². The minimum absolute atomic E-state index is 0.286. The number of anilines is 1. The van der Waals surface area contributed by atoms with Crippen LogP contribution < -0.4 is 26.1 Å². The number of benzene rings is 1. The van der Waals surface area contributed by atoms with Crippen LogP contribution in [0.2, 0.25) is 0 Å². The Morgan fingerprint density at radius 3 is 2.41 bits per heavy atom. The van der Waals surface area contributed by atoms with Gasteiger partial charge in [0.1, 0.15) is 0 Å². The van der Waals surface area contributed by atoms with Crippen LogP contribution in [0.4, 0.5) is 5.95 Å². The van der Waals surface area contributed by atoms with E-state index in [-0.39, 0.29) is 5.65 Å². The smallest absolute Gasteiger partial charge is 0.332 e. The highest BCUT2D eigenvalue weighted by molar-refractivity contribution is 5.81. The highest BCUT2D eigenvalue weighted by atomic mass is 16.5. The van der Waals surface area contributed by atoms with Crippen molar-refractivity contribution in [2.45, 2.75) is 0 Å². The minimum Gasteiger partial charge on any atom is -0.493 e. The number of hydrazone groups is 1. The van der Waals surface area contributed by atoms with Crippen molar-refractivity contribution in [3.8, 4) is 11.5 Å². The van der Waals surface area contributed by atoms with E-state index in [0.717, 1.165) is 10.1 Å². The van der Waals surface area contributed by atoms with Crippen molar-refractivity contribution in [1.82, 2.24) is 18.7 Å². The summed E-state index contributed by atoms with van der Waals surface area (Å²) in [5, 5.41) is 4.15. The van der Waals surface area contributed by atoms with Gasteiger partial charge in [-0.05, 0) is 23.8 Å². The number of rotatable bonds is 5. The lowest BCUT2D eigenvalue weighted by atomic mass is 10.2. The molecule has 0 aliphatic heterocycles. The van der Waals surface area contributed by atoms with Gasteiger partial charge in [-0.3, -0.25) is 13.9 Å². The molecule has 3 rings (SSSR count). The lowest BCUT2D eigenvalue weighted by Crippen LogP contribution is -2.37. The fraction of sp³-hybridized carbons (Fsp3) is 0.294. The molecule has 0 aliphatic rings. The molecule has 0 saturated heterocycles. The van der Waals surface area contributed by atoms with E-state index in [2.05, 4.69) is 15.5 Å². The van der Waals surface area contributed by atoms with Gasteiger partial charge in [0.25, 0.3) is 5.56 Å². The zero-order chi connectivity index (χ0) is 19.7. The second kappa shape index (κ2) is 6.98. The molecule has 0 fully saturated rings. The molecule has 10 nitrogen and oxygen atoms in total. The Morgan fingerprint density at radius 1 is 1.04 bits per heavy atom. The van der Waals surface area contributed by atoms with Gasteiger partial charge < -0.3 is 14.0 Å². The molecule has 27 heavy (non-hydrogen) atoms. The van der Waals surface area contributed by atoms with Crippen molar-refractivity contribution in [3.05, 3.63) is 44.6 Å². The number of nitrogens with zero attached hydrogens (tertiary/aromatic N) is 5. The van der Waals surface area contributed by atoms with Crippen molar-refractivity contribution >= 4 is 23.3 Å². The molecule has 0 atom stereocenters. The second-order valence-corrected chi connectivity index (χ2v) is 5.86. The Labute approximate surface area is 154 Å². The molecule has 1 aromatic carbocycles. The topological polar surface area (TPSA) is 105 Å². The second-order valence-electron chi connectivity index (χ2n) is 5.86.